The Balaban J connectivity index is 3.76. The molecule has 0 aliphatic rings. The van der Waals surface area contributed by atoms with E-state index in [2.05, 4.69) is 4.98 Å². The number of halogens is 3. The fraction of sp³-hybridized carbons (Fsp3) is 0.143. The summed E-state index contributed by atoms with van der Waals surface area (Å²) in [7, 11) is 0.247. The highest BCUT2D eigenvalue weighted by Crippen LogP contribution is 2.31. The van der Waals surface area contributed by atoms with Gasteiger partial charge >= 0.3 is 5.69 Å². The highest BCUT2D eigenvalue weighted by atomic mass is 35.7. The molecule has 7 nitrogen and oxygen atoms in total. The molecule has 0 amide bonds. The van der Waals surface area contributed by atoms with Crippen molar-refractivity contribution in [2.24, 2.45) is 0 Å². The zero-order chi connectivity index (χ0) is 14.1. The van der Waals surface area contributed by atoms with Crippen molar-refractivity contribution in [1.82, 2.24) is 4.98 Å². The monoisotopic (exact) mass is 297 g/mol. The average molecular weight is 298 g/mol. The van der Waals surface area contributed by atoms with Crippen LogP contribution in [0.2, 0.25) is 0 Å². The Bertz CT molecular complexity index is 655. The predicted octanol–water partition coefficient (Wildman–Crippen LogP) is 1.73. The number of nitrogens with zero attached hydrogens (tertiary/aromatic N) is 3. The molecule has 0 aliphatic carbocycles. The van der Waals surface area contributed by atoms with E-state index in [0.29, 0.717) is 0 Å². The fourth-order valence-electron chi connectivity index (χ4n) is 1.07. The van der Waals surface area contributed by atoms with Crippen LogP contribution in [0.3, 0.4) is 0 Å². The molecule has 1 rings (SSSR count). The van der Waals surface area contributed by atoms with Crippen LogP contribution in [0.25, 0.3) is 0 Å². The fourth-order valence-corrected chi connectivity index (χ4v) is 1.99. The first-order valence-corrected chi connectivity index (χ1v) is 6.31. The predicted molar refractivity (Wildman–Crippen MR) is 53.6 cm³/mol. The van der Waals surface area contributed by atoms with Crippen LogP contribution in [0.5, 0.6) is 0 Å². The Morgan fingerprint density at radius 2 is 2.11 bits per heavy atom. The SMILES string of the molecule is N#Cc1nc(S(=O)(=O)Cl)c([N+](=O)[O-])cc1C(F)F. The number of hydrogen-bond donors (Lipinski definition) is 0. The van der Waals surface area contributed by atoms with Crippen molar-refractivity contribution in [3.05, 3.63) is 27.4 Å². The quantitative estimate of drug-likeness (QED) is 0.477. The summed E-state index contributed by atoms with van der Waals surface area (Å²) in [6.45, 7) is 0. The van der Waals surface area contributed by atoms with E-state index in [4.69, 9.17) is 15.9 Å². The standard InChI is InChI=1S/C7H2ClF2N3O4S/c8-18(16,17)7-5(13(14)15)1-3(6(9)10)4(2-11)12-7/h1,6H. The van der Waals surface area contributed by atoms with Gasteiger partial charge in [0.25, 0.3) is 20.5 Å². The molecule has 0 aliphatic heterocycles. The third-order valence-corrected chi connectivity index (χ3v) is 2.97. The molecule has 0 spiro atoms. The number of alkyl halides is 2. The lowest BCUT2D eigenvalue weighted by Crippen LogP contribution is -2.06. The van der Waals surface area contributed by atoms with Gasteiger partial charge in [-0.2, -0.15) is 5.26 Å². The van der Waals surface area contributed by atoms with Crippen molar-refractivity contribution in [2.45, 2.75) is 11.5 Å². The number of rotatable bonds is 3. The largest absolute Gasteiger partial charge is 0.308 e. The summed E-state index contributed by atoms with van der Waals surface area (Å²) < 4.78 is 47.0. The van der Waals surface area contributed by atoms with E-state index in [1.54, 1.807) is 0 Å². The van der Waals surface area contributed by atoms with E-state index < -0.39 is 42.4 Å². The van der Waals surface area contributed by atoms with Gasteiger partial charge in [0.2, 0.25) is 0 Å². The maximum atomic E-state index is 12.5. The highest BCUT2D eigenvalue weighted by Gasteiger charge is 2.30. The van der Waals surface area contributed by atoms with Gasteiger partial charge in [-0.05, 0) is 0 Å². The second-order valence-corrected chi connectivity index (χ2v) is 5.34. The second-order valence-electron chi connectivity index (χ2n) is 2.86. The van der Waals surface area contributed by atoms with Gasteiger partial charge in [-0.3, -0.25) is 10.1 Å². The van der Waals surface area contributed by atoms with Gasteiger partial charge in [0.05, 0.1) is 10.5 Å². The Hall–Kier alpha value is -1.86. The summed E-state index contributed by atoms with van der Waals surface area (Å²) in [5.41, 5.74) is -3.18. The first-order chi connectivity index (χ1) is 8.18. The maximum absolute atomic E-state index is 12.5. The molecule has 0 N–H and O–H groups in total. The van der Waals surface area contributed by atoms with E-state index in [-0.39, 0.29) is 6.07 Å². The van der Waals surface area contributed by atoms with Crippen LogP contribution in [-0.2, 0) is 9.05 Å². The molecule has 0 unspecified atom stereocenters. The lowest BCUT2D eigenvalue weighted by Gasteiger charge is -2.04. The molecular weight excluding hydrogens is 296 g/mol. The number of aromatic nitrogens is 1. The summed E-state index contributed by atoms with van der Waals surface area (Å²) in [6.07, 6.45) is -3.21. The van der Waals surface area contributed by atoms with Crippen molar-refractivity contribution in [3.63, 3.8) is 0 Å². The minimum atomic E-state index is -4.63. The van der Waals surface area contributed by atoms with Gasteiger partial charge in [0, 0.05) is 16.7 Å². The molecule has 0 aromatic carbocycles. The molecule has 0 bridgehead atoms. The lowest BCUT2D eigenvalue weighted by atomic mass is 10.2. The molecule has 0 atom stereocenters. The zero-order valence-electron chi connectivity index (χ0n) is 8.17. The van der Waals surface area contributed by atoms with Gasteiger partial charge in [-0.25, -0.2) is 22.2 Å². The molecule has 11 heteroatoms. The molecule has 1 aromatic rings. The molecule has 96 valence electrons. The number of nitro groups is 1. The van der Waals surface area contributed by atoms with Crippen LogP contribution in [-0.4, -0.2) is 18.3 Å². The first kappa shape index (κ1) is 14.2. The Morgan fingerprint density at radius 3 is 2.44 bits per heavy atom. The van der Waals surface area contributed by atoms with E-state index in [1.807, 2.05) is 0 Å². The highest BCUT2D eigenvalue weighted by molar-refractivity contribution is 8.13. The summed E-state index contributed by atoms with van der Waals surface area (Å²) in [6, 6.07) is 1.49. The van der Waals surface area contributed by atoms with Crippen molar-refractivity contribution in [3.8, 4) is 6.07 Å². The first-order valence-electron chi connectivity index (χ1n) is 4.00. The Morgan fingerprint density at radius 1 is 1.56 bits per heavy atom. The normalized spacial score (nSPS) is 11.3. The van der Waals surface area contributed by atoms with Gasteiger partial charge in [-0.15, -0.1) is 0 Å². The van der Waals surface area contributed by atoms with Crippen LogP contribution in [0.15, 0.2) is 11.1 Å². The van der Waals surface area contributed by atoms with Crippen LogP contribution < -0.4 is 0 Å². The molecule has 18 heavy (non-hydrogen) atoms. The summed E-state index contributed by atoms with van der Waals surface area (Å²) in [5.74, 6) is 0. The number of hydrogen-bond acceptors (Lipinski definition) is 6. The summed E-state index contributed by atoms with van der Waals surface area (Å²) >= 11 is 0. The van der Waals surface area contributed by atoms with Crippen molar-refractivity contribution in [2.75, 3.05) is 0 Å². The molecule has 0 radical (unpaired) electrons. The minimum absolute atomic E-state index is 0.269. The Kier molecular flexibility index (Phi) is 3.78. The van der Waals surface area contributed by atoms with Gasteiger partial charge in [0.1, 0.15) is 6.07 Å². The van der Waals surface area contributed by atoms with E-state index >= 15 is 0 Å². The molecule has 1 aromatic heterocycles. The molecule has 1 heterocycles. The smallest absolute Gasteiger partial charge is 0.258 e. The molecule has 0 saturated carbocycles. The third-order valence-electron chi connectivity index (χ3n) is 1.77. The van der Waals surface area contributed by atoms with E-state index in [0.717, 1.165) is 0 Å². The minimum Gasteiger partial charge on any atom is -0.258 e. The topological polar surface area (TPSA) is 114 Å². The molecule has 0 fully saturated rings. The average Bonchev–Trinajstić information content (AvgIpc) is 2.25. The third kappa shape index (κ3) is 2.69. The van der Waals surface area contributed by atoms with Crippen molar-refractivity contribution in [1.29, 1.82) is 5.26 Å². The Labute approximate surface area is 103 Å². The van der Waals surface area contributed by atoms with Gasteiger partial charge in [-0.1, -0.05) is 0 Å². The zero-order valence-corrected chi connectivity index (χ0v) is 9.74. The van der Waals surface area contributed by atoms with Crippen LogP contribution in [0, 0.1) is 21.4 Å². The summed E-state index contributed by atoms with van der Waals surface area (Å²) in [5, 5.41) is 17.9. The van der Waals surface area contributed by atoms with Gasteiger partial charge < -0.3 is 0 Å². The van der Waals surface area contributed by atoms with Crippen LogP contribution in [0.4, 0.5) is 14.5 Å². The van der Waals surface area contributed by atoms with Crippen molar-refractivity contribution >= 4 is 25.4 Å². The van der Waals surface area contributed by atoms with Crippen LogP contribution >= 0.6 is 10.7 Å². The van der Waals surface area contributed by atoms with E-state index in [1.165, 1.54) is 6.07 Å². The second kappa shape index (κ2) is 4.79. The molecule has 0 saturated heterocycles. The van der Waals surface area contributed by atoms with Crippen molar-refractivity contribution < 1.29 is 22.1 Å². The van der Waals surface area contributed by atoms with Gasteiger partial charge in [0.15, 0.2) is 5.69 Å². The number of pyridine rings is 1. The lowest BCUT2D eigenvalue weighted by molar-refractivity contribution is -0.388. The maximum Gasteiger partial charge on any atom is 0.308 e. The summed E-state index contributed by atoms with van der Waals surface area (Å²) in [4.78, 5) is 12.3. The van der Waals surface area contributed by atoms with Crippen LogP contribution in [0.1, 0.15) is 17.7 Å². The van der Waals surface area contributed by atoms with E-state index in [9.17, 15) is 27.3 Å². The molecular formula is C7H2ClF2N3O4S. The number of nitriles is 1.